The van der Waals surface area contributed by atoms with Crippen molar-refractivity contribution in [3.8, 4) is 17.6 Å². The molecule has 562 valence electrons. The number of hydrogen-bond donors (Lipinski definition) is 18. The van der Waals surface area contributed by atoms with Crippen molar-refractivity contribution in [2.75, 3.05) is 46.8 Å². The van der Waals surface area contributed by atoms with Crippen molar-refractivity contribution in [3.63, 3.8) is 0 Å². The van der Waals surface area contributed by atoms with Crippen molar-refractivity contribution in [2.45, 2.75) is 270 Å². The minimum Gasteiger partial charge on any atom is -0.494 e. The molecule has 6 fully saturated rings. The van der Waals surface area contributed by atoms with E-state index in [9.17, 15) is 90.4 Å². The smallest absolute Gasteiger partial charge is 0.251 e. The molecule has 36 nitrogen and oxygen atoms in total. The van der Waals surface area contributed by atoms with Crippen LogP contribution in [0, 0.1) is 11.8 Å². The van der Waals surface area contributed by atoms with Gasteiger partial charge in [-0.05, 0) is 38.0 Å². The number of amides is 5. The summed E-state index contributed by atoms with van der Waals surface area (Å²) in [6, 6.07) is -2.53. The van der Waals surface area contributed by atoms with E-state index >= 15 is 0 Å². The highest BCUT2D eigenvalue weighted by Crippen LogP contribution is 2.37. The summed E-state index contributed by atoms with van der Waals surface area (Å²) in [6.07, 6.45) is -37.0. The molecule has 0 aromatic heterocycles. The van der Waals surface area contributed by atoms with Crippen LogP contribution in [0.4, 0.5) is 0 Å². The van der Waals surface area contributed by atoms with Gasteiger partial charge in [0.25, 0.3) is 5.91 Å². The third-order valence-corrected chi connectivity index (χ3v) is 17.6. The van der Waals surface area contributed by atoms with Gasteiger partial charge in [-0.15, -0.1) is 11.8 Å². The average Bonchev–Trinajstić information content (AvgIpc) is 0.772. The average molecular weight is 1420 g/mol. The van der Waals surface area contributed by atoms with E-state index in [0.29, 0.717) is 18.6 Å². The van der Waals surface area contributed by atoms with Gasteiger partial charge >= 0.3 is 0 Å². The van der Waals surface area contributed by atoms with Crippen LogP contribution < -0.4 is 31.3 Å². The number of ether oxygens (including phenoxy) is 13. The van der Waals surface area contributed by atoms with Crippen molar-refractivity contribution in [3.05, 3.63) is 29.8 Å². The Labute approximate surface area is 571 Å². The predicted octanol–water partition coefficient (Wildman–Crippen LogP) is -7.27. The molecule has 0 bridgehead atoms. The lowest BCUT2D eigenvalue weighted by molar-refractivity contribution is -0.368. The number of aliphatic hydroxyl groups excluding tert-OH is 13. The van der Waals surface area contributed by atoms with Gasteiger partial charge in [0.15, 0.2) is 37.7 Å². The molecule has 0 aliphatic carbocycles. The van der Waals surface area contributed by atoms with E-state index in [0.717, 1.165) is 59.8 Å². The maximum Gasteiger partial charge on any atom is 0.251 e. The first-order chi connectivity index (χ1) is 47.2. The number of hydrogen-bond acceptors (Lipinski definition) is 31. The van der Waals surface area contributed by atoms with Crippen LogP contribution in [0.25, 0.3) is 0 Å². The molecule has 30 atom stereocenters. The van der Waals surface area contributed by atoms with E-state index in [4.69, 9.17) is 61.6 Å². The molecule has 18 N–H and O–H groups in total. The molecular weight excluding hydrogens is 1320 g/mol. The fraction of sp³-hybridized carbons (Fsp3) is 0.794. The third kappa shape index (κ3) is 20.9. The summed E-state index contributed by atoms with van der Waals surface area (Å²) in [5.41, 5.74) is 0.0342. The molecule has 0 radical (unpaired) electrons. The molecule has 0 spiro atoms. The summed E-state index contributed by atoms with van der Waals surface area (Å²) in [5, 5.41) is 158. The highest BCUT2D eigenvalue weighted by atomic mass is 16.8. The minimum atomic E-state index is -2.07. The number of nitrogens with one attached hydrogen (secondary N) is 5. The second-order valence-corrected chi connectivity index (χ2v) is 25.1. The van der Waals surface area contributed by atoms with E-state index < -0.39 is 246 Å². The van der Waals surface area contributed by atoms with Crippen molar-refractivity contribution in [1.29, 1.82) is 0 Å². The van der Waals surface area contributed by atoms with E-state index in [2.05, 4.69) is 45.3 Å². The highest BCUT2D eigenvalue weighted by molar-refractivity contribution is 5.94. The molecule has 0 saturated carbocycles. The number of rotatable bonds is 30. The quantitative estimate of drug-likeness (QED) is 0.0251. The number of methoxy groups -OCH3 is 1. The second kappa shape index (κ2) is 38.4. The topological polar surface area (TPSA) is 528 Å². The Morgan fingerprint density at radius 3 is 1.35 bits per heavy atom. The fourth-order valence-corrected chi connectivity index (χ4v) is 12.5. The summed E-state index contributed by atoms with van der Waals surface area (Å²) in [7, 11) is 1.21. The molecule has 5 amide bonds. The van der Waals surface area contributed by atoms with Gasteiger partial charge in [-0.1, -0.05) is 32.3 Å². The van der Waals surface area contributed by atoms with E-state index in [-0.39, 0.29) is 12.2 Å². The summed E-state index contributed by atoms with van der Waals surface area (Å²) in [5.74, 6) is 2.59. The van der Waals surface area contributed by atoms with Gasteiger partial charge in [0, 0.05) is 53.2 Å². The number of carbonyl (C=O) groups is 5. The zero-order valence-electron chi connectivity index (χ0n) is 56.0. The normalized spacial score (nSPS) is 39.4. The van der Waals surface area contributed by atoms with Crippen molar-refractivity contribution < 1.29 is 152 Å². The molecule has 36 heteroatoms. The largest absolute Gasteiger partial charge is 0.494 e. The van der Waals surface area contributed by atoms with E-state index in [1.54, 1.807) is 12.1 Å². The van der Waals surface area contributed by atoms with Crippen LogP contribution in [0.5, 0.6) is 5.75 Å². The molecule has 99 heavy (non-hydrogen) atoms. The Morgan fingerprint density at radius 1 is 0.465 bits per heavy atom. The Kier molecular flexibility index (Phi) is 31.5. The standard InChI is InChI=1S/C63H99N5O31/c1-8-9-10-11-12-13-14-15-16-20-88-33-19-17-18-32(21-33)57(85)68-40-46(79)45(78)34(22-69)92-59(40)96-52-35(23-70)93-60(41(48(52)81)65-29(4)74)97-53-36(24-71)94-61(42(49(53)82)66-30(5)75)98-54-37(25-72)95-62(43(50(54)83)67-31(6)76)99-55-38(91-58(86)39(47(55)80)64-28(3)73)26-89-63-56(87-7)51(84)44(77)27(2)90-63/h17-19,21,27,34-56,58-63,69-72,77-84,86H,8-12,15-16,20,22-26H2,1-7H3,(H,64,73)(H,65,74)(H,66,75)(H,67,76)(H,68,85)/t27?,34?,35?,36?,37?,38?,39-,40-,41?,42-,43?,44+,45+,46?,47+,48?,49+,50?,51?,52+,53?,54+,55?,56+,58?,59-,60?,61-,62?,63+/m0/s1. The third-order valence-electron chi connectivity index (χ3n) is 17.6. The van der Waals surface area contributed by atoms with Crippen LogP contribution in [-0.2, 0) is 76.0 Å². The predicted molar refractivity (Wildman–Crippen MR) is 332 cm³/mol. The first-order valence-corrected chi connectivity index (χ1v) is 33.0. The minimum absolute atomic E-state index is 0.0342. The lowest BCUT2D eigenvalue weighted by Crippen LogP contribution is -2.72. The monoisotopic (exact) mass is 1420 g/mol. The van der Waals surface area contributed by atoms with E-state index in [1.807, 2.05) is 0 Å². The fourth-order valence-electron chi connectivity index (χ4n) is 12.5. The van der Waals surface area contributed by atoms with E-state index in [1.165, 1.54) is 26.2 Å². The van der Waals surface area contributed by atoms with Crippen LogP contribution in [0.15, 0.2) is 24.3 Å². The number of carbonyl (C=O) groups excluding carboxylic acids is 5. The van der Waals surface area contributed by atoms with Crippen molar-refractivity contribution >= 4 is 29.5 Å². The molecule has 17 unspecified atom stereocenters. The van der Waals surface area contributed by atoms with Crippen LogP contribution in [0.2, 0.25) is 0 Å². The highest BCUT2D eigenvalue weighted by Gasteiger charge is 2.58. The molecule has 6 aliphatic heterocycles. The number of unbranched alkanes of at least 4 members (excludes halogenated alkanes) is 5. The lowest BCUT2D eigenvalue weighted by Gasteiger charge is -2.51. The maximum absolute atomic E-state index is 13.9. The number of benzene rings is 1. The van der Waals surface area contributed by atoms with Gasteiger partial charge in [-0.3, -0.25) is 24.0 Å². The van der Waals surface area contributed by atoms with Crippen molar-refractivity contribution in [1.82, 2.24) is 26.6 Å². The molecule has 7 rings (SSSR count). The van der Waals surface area contributed by atoms with Gasteiger partial charge in [0.1, 0.15) is 146 Å². The van der Waals surface area contributed by atoms with Gasteiger partial charge in [0.05, 0.1) is 45.7 Å². The Balaban J connectivity index is 1.07. The van der Waals surface area contributed by atoms with Gasteiger partial charge in [-0.25, -0.2) is 0 Å². The molecule has 1 aromatic rings. The zero-order valence-corrected chi connectivity index (χ0v) is 56.0. The molecule has 6 aliphatic rings. The van der Waals surface area contributed by atoms with Gasteiger partial charge in [0.2, 0.25) is 23.6 Å². The van der Waals surface area contributed by atoms with Crippen LogP contribution in [0.1, 0.15) is 96.8 Å². The second-order valence-electron chi connectivity index (χ2n) is 25.1. The Morgan fingerprint density at radius 2 is 0.899 bits per heavy atom. The van der Waals surface area contributed by atoms with Crippen LogP contribution >= 0.6 is 0 Å². The first kappa shape index (κ1) is 81.2. The van der Waals surface area contributed by atoms with Crippen molar-refractivity contribution in [2.24, 2.45) is 0 Å². The molecular formula is C63H99N5O31. The zero-order chi connectivity index (χ0) is 72.5. The summed E-state index contributed by atoms with van der Waals surface area (Å²) in [6.45, 7) is 3.43. The van der Waals surface area contributed by atoms with Gasteiger partial charge < -0.3 is 155 Å². The molecule has 6 heterocycles. The van der Waals surface area contributed by atoms with Crippen LogP contribution in [-0.4, -0.2) is 327 Å². The molecule has 6 saturated heterocycles. The number of aliphatic hydroxyl groups is 13. The Hall–Kier alpha value is -5.07. The first-order valence-electron chi connectivity index (χ1n) is 33.0. The summed E-state index contributed by atoms with van der Waals surface area (Å²) < 4.78 is 77.9. The lowest BCUT2D eigenvalue weighted by atomic mass is 9.93. The van der Waals surface area contributed by atoms with Crippen LogP contribution in [0.3, 0.4) is 0 Å². The van der Waals surface area contributed by atoms with Gasteiger partial charge in [-0.2, -0.15) is 0 Å². The summed E-state index contributed by atoms with van der Waals surface area (Å²) in [4.78, 5) is 65.1. The SMILES string of the molecule is CCCCCCC#CCCCOc1cccc(C(=O)N[C@H]2C(O)[C@H](O)C(CO)O[C@H]2O[C@@H]2C(CO)OC(OC3C(CO)O[C@@H](O[C@@H]4C(CO)OC(OC5C(CO[C@@H]6OC(C)[C@@H](O)C(O)[C@H]6OC)OC(O)[C@@H](NC(C)=O)[C@H]5O)C(NC(C)=O)C4O)[C@@H](NC(C)=O)[C@H]3O)C(NC(C)=O)C2O)c1. The maximum atomic E-state index is 13.9. The summed E-state index contributed by atoms with van der Waals surface area (Å²) >= 11 is 0. The Bertz CT molecular complexity index is 2790. The molecule has 1 aromatic carbocycles.